The van der Waals surface area contributed by atoms with Crippen molar-refractivity contribution in [3.05, 3.63) is 41.8 Å². The lowest BCUT2D eigenvalue weighted by Gasteiger charge is -2.20. The van der Waals surface area contributed by atoms with Crippen LogP contribution in [0.3, 0.4) is 0 Å². The summed E-state index contributed by atoms with van der Waals surface area (Å²) in [4.78, 5) is 6.65. The minimum atomic E-state index is -3.62. The van der Waals surface area contributed by atoms with Crippen molar-refractivity contribution in [2.24, 2.45) is 0 Å². The van der Waals surface area contributed by atoms with Gasteiger partial charge in [0.05, 0.1) is 11.4 Å². The normalized spacial score (nSPS) is 17.1. The van der Waals surface area contributed by atoms with E-state index in [1.165, 1.54) is 28.6 Å². The number of hydrogen-bond acceptors (Lipinski definition) is 6. The standard InChI is InChI=1S/C18H25FN4O3S/c1-2-3-5-17-20-18(26-21-17)14-22-10-4-11-23(13-12-22)27(24,25)16-8-6-15(19)7-9-16/h6-9H,2-5,10-14H2,1H3. The molecule has 2 aromatic rings. The van der Waals surface area contributed by atoms with Crippen molar-refractivity contribution in [1.29, 1.82) is 0 Å². The van der Waals surface area contributed by atoms with E-state index in [9.17, 15) is 12.8 Å². The Morgan fingerprint density at radius 3 is 2.67 bits per heavy atom. The van der Waals surface area contributed by atoms with E-state index in [0.717, 1.165) is 31.6 Å². The fourth-order valence-corrected chi connectivity index (χ4v) is 4.55. The van der Waals surface area contributed by atoms with Gasteiger partial charge in [0, 0.05) is 26.1 Å². The topological polar surface area (TPSA) is 79.5 Å². The summed E-state index contributed by atoms with van der Waals surface area (Å²) in [5.41, 5.74) is 0. The molecule has 1 aromatic heterocycles. The molecule has 9 heteroatoms. The first-order valence-corrected chi connectivity index (χ1v) is 10.7. The highest BCUT2D eigenvalue weighted by Gasteiger charge is 2.27. The summed E-state index contributed by atoms with van der Waals surface area (Å²) >= 11 is 0. The van der Waals surface area contributed by atoms with Gasteiger partial charge in [-0.1, -0.05) is 18.5 Å². The van der Waals surface area contributed by atoms with Crippen molar-refractivity contribution in [2.45, 2.75) is 44.0 Å². The van der Waals surface area contributed by atoms with Crippen LogP contribution in [0.5, 0.6) is 0 Å². The van der Waals surface area contributed by atoms with E-state index in [2.05, 4.69) is 22.0 Å². The number of hydrogen-bond donors (Lipinski definition) is 0. The van der Waals surface area contributed by atoms with Crippen LogP contribution in [-0.2, 0) is 23.0 Å². The second kappa shape index (κ2) is 8.90. The maximum Gasteiger partial charge on any atom is 0.243 e. The Morgan fingerprint density at radius 1 is 1.15 bits per heavy atom. The van der Waals surface area contributed by atoms with E-state index in [0.29, 0.717) is 38.5 Å². The molecule has 27 heavy (non-hydrogen) atoms. The molecule has 0 radical (unpaired) electrons. The predicted molar refractivity (Wildman–Crippen MR) is 98.0 cm³/mol. The quantitative estimate of drug-likeness (QED) is 0.715. The lowest BCUT2D eigenvalue weighted by molar-refractivity contribution is 0.235. The molecule has 1 saturated heterocycles. The number of halogens is 1. The van der Waals surface area contributed by atoms with E-state index < -0.39 is 15.8 Å². The molecule has 1 aromatic carbocycles. The maximum atomic E-state index is 13.1. The van der Waals surface area contributed by atoms with Crippen LogP contribution in [0, 0.1) is 5.82 Å². The fourth-order valence-electron chi connectivity index (χ4n) is 3.08. The minimum absolute atomic E-state index is 0.120. The summed E-state index contributed by atoms with van der Waals surface area (Å²) in [6, 6.07) is 4.96. The summed E-state index contributed by atoms with van der Waals surface area (Å²) < 4.78 is 45.4. The Morgan fingerprint density at radius 2 is 1.93 bits per heavy atom. The SMILES string of the molecule is CCCCc1noc(CN2CCCN(S(=O)(=O)c3ccc(F)cc3)CC2)n1. The number of aryl methyl sites for hydroxylation is 1. The van der Waals surface area contributed by atoms with E-state index in [4.69, 9.17) is 4.52 Å². The zero-order valence-corrected chi connectivity index (χ0v) is 16.3. The lowest BCUT2D eigenvalue weighted by atomic mass is 10.2. The van der Waals surface area contributed by atoms with Crippen molar-refractivity contribution in [3.8, 4) is 0 Å². The molecule has 1 aliphatic rings. The lowest BCUT2D eigenvalue weighted by Crippen LogP contribution is -2.35. The van der Waals surface area contributed by atoms with E-state index in [1.54, 1.807) is 0 Å². The summed E-state index contributed by atoms with van der Waals surface area (Å²) in [5, 5.41) is 3.99. The fraction of sp³-hybridized carbons (Fsp3) is 0.556. The molecule has 2 heterocycles. The summed E-state index contributed by atoms with van der Waals surface area (Å²) in [5.74, 6) is 0.840. The Kier molecular flexibility index (Phi) is 6.56. The Bertz CT molecular complexity index is 839. The van der Waals surface area contributed by atoms with Crippen LogP contribution in [0.1, 0.15) is 37.9 Å². The smallest absolute Gasteiger partial charge is 0.243 e. The third kappa shape index (κ3) is 5.12. The van der Waals surface area contributed by atoms with Gasteiger partial charge in [-0.05, 0) is 43.7 Å². The molecule has 7 nitrogen and oxygen atoms in total. The van der Waals surface area contributed by atoms with Gasteiger partial charge in [0.15, 0.2) is 5.82 Å². The van der Waals surface area contributed by atoms with Crippen LogP contribution in [0.25, 0.3) is 0 Å². The Balaban J connectivity index is 1.60. The van der Waals surface area contributed by atoms with E-state index in [1.807, 2.05) is 0 Å². The molecule has 1 aliphatic heterocycles. The average molecular weight is 396 g/mol. The zero-order valence-electron chi connectivity index (χ0n) is 15.5. The van der Waals surface area contributed by atoms with E-state index in [-0.39, 0.29) is 4.90 Å². The minimum Gasteiger partial charge on any atom is -0.338 e. The molecule has 1 fully saturated rings. The second-order valence-corrected chi connectivity index (χ2v) is 8.63. The molecule has 3 rings (SSSR count). The van der Waals surface area contributed by atoms with Gasteiger partial charge in [0.2, 0.25) is 15.9 Å². The monoisotopic (exact) mass is 396 g/mol. The van der Waals surface area contributed by atoms with Gasteiger partial charge in [-0.2, -0.15) is 9.29 Å². The first kappa shape index (κ1) is 19.9. The number of sulfonamides is 1. The highest BCUT2D eigenvalue weighted by atomic mass is 32.2. The number of unbranched alkanes of at least 4 members (excludes halogenated alkanes) is 1. The molecule has 0 saturated carbocycles. The summed E-state index contributed by atoms with van der Waals surface area (Å²) in [7, 11) is -3.62. The Labute approximate surface area is 159 Å². The van der Waals surface area contributed by atoms with Gasteiger partial charge >= 0.3 is 0 Å². The van der Waals surface area contributed by atoms with Crippen molar-refractivity contribution >= 4 is 10.0 Å². The first-order valence-electron chi connectivity index (χ1n) is 9.28. The number of nitrogens with zero attached hydrogens (tertiary/aromatic N) is 4. The Hall–Kier alpha value is -1.84. The summed E-state index contributed by atoms with van der Waals surface area (Å²) in [6.07, 6.45) is 3.62. The molecular weight excluding hydrogens is 371 g/mol. The molecular formula is C18H25FN4O3S. The van der Waals surface area contributed by atoms with Gasteiger partial charge in [-0.3, -0.25) is 4.90 Å². The third-order valence-electron chi connectivity index (χ3n) is 4.62. The number of rotatable bonds is 7. The van der Waals surface area contributed by atoms with E-state index >= 15 is 0 Å². The van der Waals surface area contributed by atoms with Gasteiger partial charge in [-0.25, -0.2) is 12.8 Å². The van der Waals surface area contributed by atoms with Crippen molar-refractivity contribution in [3.63, 3.8) is 0 Å². The summed E-state index contributed by atoms with van der Waals surface area (Å²) in [6.45, 7) is 4.76. The van der Waals surface area contributed by atoms with Crippen LogP contribution in [0.2, 0.25) is 0 Å². The largest absolute Gasteiger partial charge is 0.338 e. The second-order valence-electron chi connectivity index (χ2n) is 6.70. The van der Waals surface area contributed by atoms with Gasteiger partial charge in [0.25, 0.3) is 0 Å². The number of benzene rings is 1. The molecule has 0 unspecified atom stereocenters. The average Bonchev–Trinajstić information content (AvgIpc) is 2.95. The number of aromatic nitrogens is 2. The molecule has 0 bridgehead atoms. The van der Waals surface area contributed by atoms with Crippen molar-refractivity contribution < 1.29 is 17.3 Å². The van der Waals surface area contributed by atoms with Crippen molar-refractivity contribution in [1.82, 2.24) is 19.3 Å². The predicted octanol–water partition coefficient (Wildman–Crippen LogP) is 2.45. The molecule has 0 atom stereocenters. The maximum absolute atomic E-state index is 13.1. The van der Waals surface area contributed by atoms with Crippen molar-refractivity contribution in [2.75, 3.05) is 26.2 Å². The molecule has 0 N–H and O–H groups in total. The highest BCUT2D eigenvalue weighted by Crippen LogP contribution is 2.19. The molecule has 0 spiro atoms. The van der Waals surface area contributed by atoms with Gasteiger partial charge in [-0.15, -0.1) is 0 Å². The van der Waals surface area contributed by atoms with Crippen LogP contribution in [0.15, 0.2) is 33.7 Å². The zero-order chi connectivity index (χ0) is 19.3. The van der Waals surface area contributed by atoms with Gasteiger partial charge in [0.1, 0.15) is 5.82 Å². The van der Waals surface area contributed by atoms with Crippen LogP contribution in [-0.4, -0.2) is 53.9 Å². The van der Waals surface area contributed by atoms with Crippen LogP contribution >= 0.6 is 0 Å². The van der Waals surface area contributed by atoms with Gasteiger partial charge < -0.3 is 4.52 Å². The van der Waals surface area contributed by atoms with Crippen LogP contribution in [0.4, 0.5) is 4.39 Å². The molecule has 0 amide bonds. The highest BCUT2D eigenvalue weighted by molar-refractivity contribution is 7.89. The third-order valence-corrected chi connectivity index (χ3v) is 6.53. The van der Waals surface area contributed by atoms with Crippen LogP contribution < -0.4 is 0 Å². The molecule has 148 valence electrons. The first-order chi connectivity index (χ1) is 13.0. The molecule has 0 aliphatic carbocycles.